The van der Waals surface area contributed by atoms with Crippen molar-refractivity contribution in [2.45, 2.75) is 49.8 Å². The lowest BCUT2D eigenvalue weighted by molar-refractivity contribution is 0.612. The molecule has 1 unspecified atom stereocenters. The molecule has 1 aliphatic heterocycles. The van der Waals surface area contributed by atoms with Crippen molar-refractivity contribution in [2.75, 3.05) is 0 Å². The molecule has 0 bridgehead atoms. The maximum atomic E-state index is 10.9. The molecule has 92 valence electrons. The van der Waals surface area contributed by atoms with Crippen LogP contribution in [0.4, 0.5) is 0 Å². The summed E-state index contributed by atoms with van der Waals surface area (Å²) in [5.41, 5.74) is 0.972. The molecule has 0 spiro atoms. The second-order valence-electron chi connectivity index (χ2n) is 3.86. The fourth-order valence-electron chi connectivity index (χ4n) is 1.58. The van der Waals surface area contributed by atoms with Gasteiger partial charge in [-0.3, -0.25) is 0 Å². The van der Waals surface area contributed by atoms with Gasteiger partial charge in [-0.1, -0.05) is 25.7 Å². The highest BCUT2D eigenvalue weighted by atomic mass is 35.5. The van der Waals surface area contributed by atoms with Crippen LogP contribution in [-0.2, 0) is 11.0 Å². The Bertz CT molecular complexity index is 290. The number of hydrogen-bond donors (Lipinski definition) is 0. The maximum absolute atomic E-state index is 10.9. The van der Waals surface area contributed by atoms with E-state index in [-0.39, 0.29) is 4.84 Å². The zero-order valence-corrected chi connectivity index (χ0v) is 11.5. The molecule has 16 heavy (non-hydrogen) atoms. The number of allylic oxidation sites excluding steroid dienone is 1. The monoisotopic (exact) mass is 281 g/mol. The number of hydrogen-bond acceptors (Lipinski definition) is 1. The molecular formula is C11H17Cl2NOS. The van der Waals surface area contributed by atoms with E-state index in [1.165, 1.54) is 19.3 Å². The van der Waals surface area contributed by atoms with Crippen LogP contribution in [-0.4, -0.2) is 14.8 Å². The minimum Gasteiger partial charge on any atom is -0.230 e. The summed E-state index contributed by atoms with van der Waals surface area (Å²) in [5.74, 6) is 0. The van der Waals surface area contributed by atoms with Crippen LogP contribution < -0.4 is 0 Å². The Morgan fingerprint density at radius 1 is 1.19 bits per heavy atom. The van der Waals surface area contributed by atoms with E-state index in [0.29, 0.717) is 0 Å². The first kappa shape index (κ1) is 14.2. The van der Waals surface area contributed by atoms with Crippen LogP contribution in [0.1, 0.15) is 44.9 Å². The second kappa shape index (κ2) is 8.26. The molecule has 0 amide bonds. The van der Waals surface area contributed by atoms with Crippen LogP contribution in [0.5, 0.6) is 0 Å². The van der Waals surface area contributed by atoms with Crippen molar-refractivity contribution in [2.24, 2.45) is 4.40 Å². The molecule has 0 aliphatic carbocycles. The molecule has 0 saturated heterocycles. The first-order valence-electron chi connectivity index (χ1n) is 5.63. The molecular weight excluding hydrogens is 265 g/mol. The lowest BCUT2D eigenvalue weighted by Gasteiger charge is -2.01. The molecule has 1 aliphatic rings. The van der Waals surface area contributed by atoms with Crippen LogP contribution in [0.2, 0.25) is 0 Å². The third kappa shape index (κ3) is 6.66. The van der Waals surface area contributed by atoms with Crippen molar-refractivity contribution in [1.29, 1.82) is 0 Å². The third-order valence-electron chi connectivity index (χ3n) is 2.44. The van der Waals surface area contributed by atoms with Crippen molar-refractivity contribution < 1.29 is 4.21 Å². The standard InChI is InChI=1S/C11H17Cl2NOS/c12-11(13)7-5-3-1-2-4-6-10-8-9-16(15)14-10/h8-9,11H,1-7H2. The van der Waals surface area contributed by atoms with Gasteiger partial charge in [0.25, 0.3) is 0 Å². The Balaban J connectivity index is 1.91. The highest BCUT2D eigenvalue weighted by Gasteiger charge is 2.04. The molecule has 0 aromatic heterocycles. The SMILES string of the molecule is O=S1C=CC(CCCCCCCC(Cl)Cl)=N1. The predicted molar refractivity (Wildman–Crippen MR) is 72.5 cm³/mol. The predicted octanol–water partition coefficient (Wildman–Crippen LogP) is 4.15. The van der Waals surface area contributed by atoms with E-state index in [1.54, 1.807) is 5.41 Å². The van der Waals surface area contributed by atoms with Gasteiger partial charge in [-0.25, -0.2) is 4.21 Å². The summed E-state index contributed by atoms with van der Waals surface area (Å²) in [5, 5.41) is 1.64. The van der Waals surface area contributed by atoms with Crippen LogP contribution in [0.25, 0.3) is 0 Å². The van der Waals surface area contributed by atoms with E-state index in [1.807, 2.05) is 6.08 Å². The van der Waals surface area contributed by atoms with Gasteiger partial charge in [0.1, 0.15) is 4.84 Å². The highest BCUT2D eigenvalue weighted by Crippen LogP contribution is 2.15. The van der Waals surface area contributed by atoms with Crippen LogP contribution in [0.15, 0.2) is 15.9 Å². The third-order valence-corrected chi connectivity index (χ3v) is 3.66. The maximum Gasteiger partial charge on any atom is 0.165 e. The molecule has 1 heterocycles. The number of rotatable bonds is 8. The lowest BCUT2D eigenvalue weighted by atomic mass is 10.1. The largest absolute Gasteiger partial charge is 0.230 e. The number of unbranched alkanes of at least 4 members (excludes halogenated alkanes) is 4. The second-order valence-corrected chi connectivity index (χ2v) is 6.14. The topological polar surface area (TPSA) is 29.4 Å². The van der Waals surface area contributed by atoms with Crippen molar-refractivity contribution in [3.8, 4) is 0 Å². The van der Waals surface area contributed by atoms with Crippen LogP contribution in [0, 0.1) is 0 Å². The van der Waals surface area contributed by atoms with E-state index in [4.69, 9.17) is 23.2 Å². The van der Waals surface area contributed by atoms with Crippen molar-refractivity contribution in [3.63, 3.8) is 0 Å². The summed E-state index contributed by atoms with van der Waals surface area (Å²) in [7, 11) is -1.09. The van der Waals surface area contributed by atoms with Gasteiger partial charge in [0.15, 0.2) is 11.0 Å². The average Bonchev–Trinajstić information content (AvgIpc) is 2.62. The van der Waals surface area contributed by atoms with Gasteiger partial charge in [-0.15, -0.1) is 23.2 Å². The van der Waals surface area contributed by atoms with Crippen LogP contribution >= 0.6 is 23.2 Å². The van der Waals surface area contributed by atoms with E-state index < -0.39 is 11.0 Å². The average molecular weight is 282 g/mol. The summed E-state index contributed by atoms with van der Waals surface area (Å²) >= 11 is 11.3. The molecule has 1 atom stereocenters. The first-order chi connectivity index (χ1) is 7.68. The van der Waals surface area contributed by atoms with Gasteiger partial charge >= 0.3 is 0 Å². The van der Waals surface area contributed by atoms with E-state index in [9.17, 15) is 4.21 Å². The van der Waals surface area contributed by atoms with Gasteiger partial charge < -0.3 is 0 Å². The van der Waals surface area contributed by atoms with Gasteiger partial charge in [0.2, 0.25) is 0 Å². The van der Waals surface area contributed by atoms with E-state index in [0.717, 1.165) is 31.4 Å². The zero-order chi connectivity index (χ0) is 11.8. The quantitative estimate of drug-likeness (QED) is 0.485. The molecule has 5 heteroatoms. The Labute approximate surface area is 110 Å². The van der Waals surface area contributed by atoms with Crippen molar-refractivity contribution >= 4 is 39.9 Å². The molecule has 0 radical (unpaired) electrons. The Morgan fingerprint density at radius 2 is 1.88 bits per heavy atom. The summed E-state index contributed by atoms with van der Waals surface area (Å²) in [6, 6.07) is 0. The number of nitrogens with zero attached hydrogens (tertiary/aromatic N) is 1. The Kier molecular flexibility index (Phi) is 7.33. The number of halogens is 2. The molecule has 1 rings (SSSR count). The normalized spacial score (nSPS) is 19.4. The van der Waals surface area contributed by atoms with Gasteiger partial charge in [0, 0.05) is 5.41 Å². The Hall–Kier alpha value is 0.140. The summed E-state index contributed by atoms with van der Waals surface area (Å²) < 4.78 is 14.9. The van der Waals surface area contributed by atoms with E-state index >= 15 is 0 Å². The molecule has 0 N–H and O–H groups in total. The fraction of sp³-hybridized carbons (Fsp3) is 0.727. The fourth-order valence-corrected chi connectivity index (χ4v) is 2.60. The van der Waals surface area contributed by atoms with Gasteiger partial charge in [0.05, 0.1) is 5.71 Å². The summed E-state index contributed by atoms with van der Waals surface area (Å²) in [6.07, 6.45) is 9.49. The molecule has 0 aromatic carbocycles. The molecule has 2 nitrogen and oxygen atoms in total. The van der Waals surface area contributed by atoms with Gasteiger partial charge in [-0.2, -0.15) is 4.40 Å². The summed E-state index contributed by atoms with van der Waals surface area (Å²) in [4.78, 5) is -0.215. The van der Waals surface area contributed by atoms with Crippen molar-refractivity contribution in [3.05, 3.63) is 11.5 Å². The first-order valence-corrected chi connectivity index (χ1v) is 7.67. The Morgan fingerprint density at radius 3 is 2.50 bits per heavy atom. The molecule has 0 saturated carbocycles. The van der Waals surface area contributed by atoms with Crippen molar-refractivity contribution in [1.82, 2.24) is 0 Å². The van der Waals surface area contributed by atoms with Gasteiger partial charge in [-0.05, 0) is 25.3 Å². The van der Waals surface area contributed by atoms with E-state index in [2.05, 4.69) is 4.40 Å². The summed E-state index contributed by atoms with van der Waals surface area (Å²) in [6.45, 7) is 0. The zero-order valence-electron chi connectivity index (χ0n) is 9.20. The van der Waals surface area contributed by atoms with Crippen LogP contribution in [0.3, 0.4) is 0 Å². The minimum atomic E-state index is -1.09. The smallest absolute Gasteiger partial charge is 0.165 e. The minimum absolute atomic E-state index is 0.215. The molecule has 0 fully saturated rings. The highest BCUT2D eigenvalue weighted by molar-refractivity contribution is 7.87. The molecule has 0 aromatic rings. The number of alkyl halides is 2. The lowest BCUT2D eigenvalue weighted by Crippen LogP contribution is -1.91.